The minimum Gasteiger partial charge on any atom is -0.477 e. The number of nitriles is 2. The first-order valence-electron chi connectivity index (χ1n) is 24.8. The van der Waals surface area contributed by atoms with Crippen molar-refractivity contribution in [2.24, 2.45) is 0 Å². The van der Waals surface area contributed by atoms with E-state index in [1.165, 1.54) is 12.2 Å². The zero-order chi connectivity index (χ0) is 53.8. The number of rotatable bonds is 17. The first-order valence-corrected chi connectivity index (χ1v) is 24.8. The Morgan fingerprint density at radius 2 is 0.538 bits per heavy atom. The summed E-state index contributed by atoms with van der Waals surface area (Å²) in [6.45, 7) is 0. The molecular formula is C68H46N4O6. The Balaban J connectivity index is 0.918. The number of hydrogen-bond donors (Lipinski definition) is 2. The highest BCUT2D eigenvalue weighted by Crippen LogP contribution is 2.40. The fraction of sp³-hybridized carbons (Fsp3) is 0. The van der Waals surface area contributed by atoms with Crippen LogP contribution in [0.25, 0.3) is 45.5 Å². The molecule has 10 rings (SSSR count). The van der Waals surface area contributed by atoms with Gasteiger partial charge in [0.25, 0.3) is 0 Å². The largest absolute Gasteiger partial charge is 0.477 e. The van der Waals surface area contributed by atoms with Crippen LogP contribution in [0.15, 0.2) is 266 Å². The van der Waals surface area contributed by atoms with Gasteiger partial charge in [-0.2, -0.15) is 10.5 Å². The van der Waals surface area contributed by atoms with Gasteiger partial charge in [-0.25, -0.2) is 9.59 Å². The van der Waals surface area contributed by atoms with Crippen LogP contribution in [-0.2, 0) is 9.59 Å². The second kappa shape index (κ2) is 23.3. The van der Waals surface area contributed by atoms with Crippen molar-refractivity contribution in [1.29, 1.82) is 10.5 Å². The quantitative estimate of drug-likeness (QED) is 0.0667. The summed E-state index contributed by atoms with van der Waals surface area (Å²) in [6, 6.07) is 86.4. The molecule has 374 valence electrons. The number of carboxylic acid groups (broad SMARTS) is 2. The standard InChI is InChI=1S/C68H46N4O6/c69-45-55(67(73)74)43-47-11-23-57(24-12-47)71(61-31-39-65(40-32-61)77-63-35-19-53(20-36-63)49-7-3-1-4-8-49)59-27-15-51(16-28-59)52-17-29-60(30-18-52)72(58-25-13-48(14-26-58)44-56(46-70)68(75)76)62-33-41-66(42-34-62)78-64-37-21-54(22-38-64)50-9-5-2-6-10-50/h1-44H,(H,73,74)(H,75,76)/b55-43+,56-44+. The third kappa shape index (κ3) is 11.9. The van der Waals surface area contributed by atoms with Crippen molar-refractivity contribution in [3.63, 3.8) is 0 Å². The van der Waals surface area contributed by atoms with E-state index in [9.17, 15) is 30.3 Å². The predicted octanol–water partition coefficient (Wildman–Crippen LogP) is 17.2. The van der Waals surface area contributed by atoms with Gasteiger partial charge in [-0.3, -0.25) is 0 Å². The minimum atomic E-state index is -1.29. The monoisotopic (exact) mass is 1010 g/mol. The van der Waals surface area contributed by atoms with Crippen LogP contribution in [0.2, 0.25) is 0 Å². The van der Waals surface area contributed by atoms with Crippen molar-refractivity contribution in [2.45, 2.75) is 0 Å². The molecule has 10 aromatic carbocycles. The number of benzene rings is 10. The summed E-state index contributed by atoms with van der Waals surface area (Å²) in [6.07, 6.45) is 2.69. The first kappa shape index (κ1) is 50.3. The number of aliphatic carboxylic acids is 2. The molecule has 0 spiro atoms. The Morgan fingerprint density at radius 1 is 0.321 bits per heavy atom. The zero-order valence-electron chi connectivity index (χ0n) is 41.7. The molecule has 0 amide bonds. The van der Waals surface area contributed by atoms with Crippen LogP contribution in [0.4, 0.5) is 34.1 Å². The lowest BCUT2D eigenvalue weighted by atomic mass is 10.0. The lowest BCUT2D eigenvalue weighted by Gasteiger charge is -2.26. The van der Waals surface area contributed by atoms with Gasteiger partial charge in [0.15, 0.2) is 0 Å². The van der Waals surface area contributed by atoms with Crippen LogP contribution in [-0.4, -0.2) is 22.2 Å². The maximum Gasteiger partial charge on any atom is 0.346 e. The van der Waals surface area contributed by atoms with E-state index in [1.54, 1.807) is 36.4 Å². The normalized spacial score (nSPS) is 11.2. The van der Waals surface area contributed by atoms with E-state index < -0.39 is 11.9 Å². The molecule has 0 unspecified atom stereocenters. The average molecular weight is 1020 g/mol. The molecule has 10 aromatic rings. The molecule has 10 nitrogen and oxygen atoms in total. The second-order valence-electron chi connectivity index (χ2n) is 17.9. The summed E-state index contributed by atoms with van der Waals surface area (Å²) in [5.41, 5.74) is 11.8. The molecule has 0 aromatic heterocycles. The Hall–Kier alpha value is -11.2. The molecule has 0 atom stereocenters. The molecule has 0 fully saturated rings. The first-order chi connectivity index (χ1) is 38.2. The molecule has 0 saturated heterocycles. The molecule has 0 saturated carbocycles. The molecule has 0 radical (unpaired) electrons. The highest BCUT2D eigenvalue weighted by atomic mass is 16.5. The summed E-state index contributed by atoms with van der Waals surface area (Å²) in [7, 11) is 0. The van der Waals surface area contributed by atoms with Crippen molar-refractivity contribution >= 4 is 58.2 Å². The Bertz CT molecular complexity index is 3590. The fourth-order valence-corrected chi connectivity index (χ4v) is 8.85. The van der Waals surface area contributed by atoms with Gasteiger partial charge in [0, 0.05) is 34.1 Å². The summed E-state index contributed by atoms with van der Waals surface area (Å²) < 4.78 is 12.5. The van der Waals surface area contributed by atoms with E-state index in [0.29, 0.717) is 34.1 Å². The topological polar surface area (TPSA) is 147 Å². The van der Waals surface area contributed by atoms with Crippen molar-refractivity contribution < 1.29 is 29.3 Å². The van der Waals surface area contributed by atoms with Crippen LogP contribution in [0.3, 0.4) is 0 Å². The molecule has 0 heterocycles. The Morgan fingerprint density at radius 3 is 0.795 bits per heavy atom. The number of nitrogens with zero attached hydrogens (tertiary/aromatic N) is 4. The molecule has 78 heavy (non-hydrogen) atoms. The van der Waals surface area contributed by atoms with Gasteiger partial charge in [-0.15, -0.1) is 0 Å². The number of carboxylic acids is 2. The van der Waals surface area contributed by atoms with E-state index in [0.717, 1.165) is 67.5 Å². The highest BCUT2D eigenvalue weighted by molar-refractivity contribution is 5.97. The van der Waals surface area contributed by atoms with Gasteiger partial charge >= 0.3 is 11.9 Å². The van der Waals surface area contributed by atoms with Crippen molar-refractivity contribution in [2.75, 3.05) is 9.80 Å². The molecule has 0 aliphatic carbocycles. The molecule has 10 heteroatoms. The number of anilines is 6. The predicted molar refractivity (Wildman–Crippen MR) is 308 cm³/mol. The van der Waals surface area contributed by atoms with E-state index in [1.807, 2.05) is 182 Å². The average Bonchev–Trinajstić information content (AvgIpc) is 3.51. The maximum atomic E-state index is 11.6. The fourth-order valence-electron chi connectivity index (χ4n) is 8.85. The van der Waals surface area contributed by atoms with Crippen LogP contribution in [0.1, 0.15) is 11.1 Å². The summed E-state index contributed by atoms with van der Waals surface area (Å²) in [5.74, 6) is 0.144. The van der Waals surface area contributed by atoms with Gasteiger partial charge in [-0.1, -0.05) is 133 Å². The second-order valence-corrected chi connectivity index (χ2v) is 17.9. The van der Waals surface area contributed by atoms with Gasteiger partial charge in [0.1, 0.15) is 46.3 Å². The van der Waals surface area contributed by atoms with Crippen LogP contribution in [0, 0.1) is 22.7 Å². The summed E-state index contributed by atoms with van der Waals surface area (Å²) in [5, 5.41) is 37.7. The summed E-state index contributed by atoms with van der Waals surface area (Å²) in [4.78, 5) is 27.4. The smallest absolute Gasteiger partial charge is 0.346 e. The lowest BCUT2D eigenvalue weighted by Crippen LogP contribution is -2.10. The molecule has 0 aliphatic rings. The SMILES string of the molecule is N#C/C(=C\c1ccc(N(c2ccc(Oc3ccc(-c4ccccc4)cc3)cc2)c2ccc(-c3ccc(N(c4ccc(/C=C(\C#N)C(=O)O)cc4)c4ccc(Oc5ccc(-c6ccccc6)cc5)cc4)cc3)cc2)cc1)C(=O)O. The number of ether oxygens (including phenoxy) is 2. The van der Waals surface area contributed by atoms with E-state index in [2.05, 4.69) is 58.3 Å². The van der Waals surface area contributed by atoms with E-state index in [-0.39, 0.29) is 11.1 Å². The summed E-state index contributed by atoms with van der Waals surface area (Å²) >= 11 is 0. The van der Waals surface area contributed by atoms with Crippen LogP contribution in [0.5, 0.6) is 23.0 Å². The number of hydrogen-bond acceptors (Lipinski definition) is 8. The Labute approximate surface area is 451 Å². The van der Waals surface area contributed by atoms with Gasteiger partial charge < -0.3 is 29.5 Å². The van der Waals surface area contributed by atoms with E-state index in [4.69, 9.17) is 9.47 Å². The molecule has 0 bridgehead atoms. The van der Waals surface area contributed by atoms with Crippen molar-refractivity contribution in [3.05, 3.63) is 277 Å². The van der Waals surface area contributed by atoms with Gasteiger partial charge in [-0.05, 0) is 178 Å². The van der Waals surface area contributed by atoms with Crippen molar-refractivity contribution in [3.8, 4) is 68.5 Å². The highest BCUT2D eigenvalue weighted by Gasteiger charge is 2.17. The van der Waals surface area contributed by atoms with E-state index >= 15 is 0 Å². The zero-order valence-corrected chi connectivity index (χ0v) is 41.7. The molecule has 2 N–H and O–H groups in total. The van der Waals surface area contributed by atoms with Crippen molar-refractivity contribution in [1.82, 2.24) is 0 Å². The number of carbonyl (C=O) groups is 2. The third-order valence-corrected chi connectivity index (χ3v) is 12.8. The molecular weight excluding hydrogens is 969 g/mol. The van der Waals surface area contributed by atoms with Crippen LogP contribution >= 0.6 is 0 Å². The molecule has 0 aliphatic heterocycles. The Kier molecular flexibility index (Phi) is 15.1. The minimum absolute atomic E-state index is 0.361. The lowest BCUT2D eigenvalue weighted by molar-refractivity contribution is -0.133. The maximum absolute atomic E-state index is 11.6. The van der Waals surface area contributed by atoms with Crippen LogP contribution < -0.4 is 19.3 Å². The van der Waals surface area contributed by atoms with Gasteiger partial charge in [0.05, 0.1) is 0 Å². The van der Waals surface area contributed by atoms with Gasteiger partial charge in [0.2, 0.25) is 0 Å². The third-order valence-electron chi connectivity index (χ3n) is 12.8.